The number of carbonyl (C=O) groups excluding carboxylic acids is 1. The number of nitrogens with one attached hydrogen (secondary N) is 1. The van der Waals surface area contributed by atoms with Crippen LogP contribution >= 0.6 is 23.2 Å². The molecule has 1 N–H and O–H groups in total. The van der Waals surface area contributed by atoms with E-state index in [2.05, 4.69) is 5.32 Å². The average molecular weight is 545 g/mol. The Bertz CT molecular complexity index is 1630. The summed E-state index contributed by atoms with van der Waals surface area (Å²) in [7, 11) is -1.19. The van der Waals surface area contributed by atoms with Gasteiger partial charge in [0.15, 0.2) is 0 Å². The van der Waals surface area contributed by atoms with Crippen LogP contribution in [-0.2, 0) is 17.1 Å². The zero-order valence-corrected chi connectivity index (χ0v) is 21.9. The van der Waals surface area contributed by atoms with E-state index >= 15 is 0 Å². The van der Waals surface area contributed by atoms with E-state index in [0.717, 1.165) is 4.31 Å². The Kier molecular flexibility index (Phi) is 6.99. The van der Waals surface area contributed by atoms with Gasteiger partial charge in [0.1, 0.15) is 5.69 Å². The van der Waals surface area contributed by atoms with E-state index in [1.165, 1.54) is 42.1 Å². The number of amides is 1. The molecule has 4 rings (SSSR count). The van der Waals surface area contributed by atoms with E-state index in [0.29, 0.717) is 22.1 Å². The molecule has 11 heteroatoms. The first-order valence-electron chi connectivity index (χ1n) is 10.7. The Morgan fingerprint density at radius 1 is 0.972 bits per heavy atom. The van der Waals surface area contributed by atoms with Gasteiger partial charge in [0.2, 0.25) is 0 Å². The van der Waals surface area contributed by atoms with Gasteiger partial charge in [0, 0.05) is 24.7 Å². The normalized spacial score (nSPS) is 11.4. The summed E-state index contributed by atoms with van der Waals surface area (Å²) in [5.41, 5.74) is 0.953. The number of anilines is 2. The number of hydrogen-bond donors (Lipinski definition) is 1. The van der Waals surface area contributed by atoms with E-state index in [1.807, 2.05) is 6.07 Å². The summed E-state index contributed by atoms with van der Waals surface area (Å²) in [5.74, 6) is -0.568. The summed E-state index contributed by atoms with van der Waals surface area (Å²) in [6.07, 6.45) is 0. The standard InChI is InChI=1S/C25H22Cl2N4O4S/c1-16-23(25(33)31(29(16)2)19-9-5-4-6-10-19)30(3)36(34,35)20-11-7-8-17(14-20)24(32)28-22-15-18(26)12-13-21(22)27/h4-15H,1-3H3,(H,28,32). The molecule has 0 bridgehead atoms. The van der Waals surface area contributed by atoms with Gasteiger partial charge in [-0.25, -0.2) is 13.1 Å². The van der Waals surface area contributed by atoms with Crippen LogP contribution in [0.1, 0.15) is 16.1 Å². The number of halogens is 2. The SMILES string of the molecule is Cc1c(N(C)S(=O)(=O)c2cccc(C(=O)Nc3cc(Cl)ccc3Cl)c2)c(=O)n(-c2ccccc2)n1C. The van der Waals surface area contributed by atoms with Crippen LogP contribution in [0.2, 0.25) is 10.0 Å². The fourth-order valence-electron chi connectivity index (χ4n) is 3.78. The van der Waals surface area contributed by atoms with Crippen molar-refractivity contribution in [1.29, 1.82) is 0 Å². The topological polar surface area (TPSA) is 93.4 Å². The molecular formula is C25H22Cl2N4O4S. The predicted octanol–water partition coefficient (Wildman–Crippen LogP) is 4.87. The van der Waals surface area contributed by atoms with Crippen molar-refractivity contribution in [2.45, 2.75) is 11.8 Å². The lowest BCUT2D eigenvalue weighted by atomic mass is 10.2. The van der Waals surface area contributed by atoms with Crippen molar-refractivity contribution in [3.8, 4) is 5.69 Å². The first-order chi connectivity index (χ1) is 17.0. The molecule has 8 nitrogen and oxygen atoms in total. The van der Waals surface area contributed by atoms with Gasteiger partial charge in [0.25, 0.3) is 21.5 Å². The zero-order chi connectivity index (χ0) is 26.2. The van der Waals surface area contributed by atoms with Crippen molar-refractivity contribution in [1.82, 2.24) is 9.36 Å². The van der Waals surface area contributed by atoms with Gasteiger partial charge in [-0.2, -0.15) is 0 Å². The Hall–Kier alpha value is -3.53. The largest absolute Gasteiger partial charge is 0.321 e. The zero-order valence-electron chi connectivity index (χ0n) is 19.6. The summed E-state index contributed by atoms with van der Waals surface area (Å²) < 4.78 is 31.0. The van der Waals surface area contributed by atoms with Crippen LogP contribution in [0, 0.1) is 6.92 Å². The summed E-state index contributed by atoms with van der Waals surface area (Å²) in [6.45, 7) is 1.67. The monoisotopic (exact) mass is 544 g/mol. The van der Waals surface area contributed by atoms with Crippen LogP contribution in [0.3, 0.4) is 0 Å². The van der Waals surface area contributed by atoms with Crippen LogP contribution in [-0.4, -0.2) is 30.7 Å². The number of nitrogens with zero attached hydrogens (tertiary/aromatic N) is 3. The van der Waals surface area contributed by atoms with Crippen molar-refractivity contribution in [2.75, 3.05) is 16.7 Å². The molecule has 3 aromatic carbocycles. The molecule has 0 aliphatic carbocycles. The highest BCUT2D eigenvalue weighted by atomic mass is 35.5. The summed E-state index contributed by atoms with van der Waals surface area (Å²) in [6, 6.07) is 19.1. The van der Waals surface area contributed by atoms with Crippen LogP contribution in [0.5, 0.6) is 0 Å². The second-order valence-corrected chi connectivity index (χ2v) is 10.8. The number of carbonyl (C=O) groups is 1. The van der Waals surface area contributed by atoms with Crippen LogP contribution in [0.15, 0.2) is 82.5 Å². The van der Waals surface area contributed by atoms with Crippen molar-refractivity contribution in [3.05, 3.63) is 104 Å². The smallest absolute Gasteiger partial charge is 0.296 e. The highest BCUT2D eigenvalue weighted by Crippen LogP contribution is 2.27. The van der Waals surface area contributed by atoms with Crippen molar-refractivity contribution >= 4 is 50.5 Å². The minimum absolute atomic E-state index is 0.00177. The molecule has 0 fully saturated rings. The Morgan fingerprint density at radius 3 is 2.36 bits per heavy atom. The summed E-state index contributed by atoms with van der Waals surface area (Å²) in [5, 5.41) is 3.30. The Morgan fingerprint density at radius 2 is 1.67 bits per heavy atom. The van der Waals surface area contributed by atoms with E-state index in [9.17, 15) is 18.0 Å². The molecule has 1 amide bonds. The molecule has 0 saturated heterocycles. The third kappa shape index (κ3) is 4.65. The van der Waals surface area contributed by atoms with Crippen molar-refractivity contribution < 1.29 is 13.2 Å². The summed E-state index contributed by atoms with van der Waals surface area (Å²) >= 11 is 12.1. The highest BCUT2D eigenvalue weighted by molar-refractivity contribution is 7.92. The van der Waals surface area contributed by atoms with Crippen LogP contribution in [0.4, 0.5) is 11.4 Å². The number of para-hydroxylation sites is 1. The van der Waals surface area contributed by atoms with E-state index in [-0.39, 0.29) is 21.2 Å². The average Bonchev–Trinajstić information content (AvgIpc) is 3.09. The summed E-state index contributed by atoms with van der Waals surface area (Å²) in [4.78, 5) is 26.0. The van der Waals surface area contributed by atoms with E-state index < -0.39 is 21.5 Å². The second kappa shape index (κ2) is 9.85. The maximum atomic E-state index is 13.5. The van der Waals surface area contributed by atoms with Gasteiger partial charge < -0.3 is 5.32 Å². The first-order valence-corrected chi connectivity index (χ1v) is 12.9. The second-order valence-electron chi connectivity index (χ2n) is 7.99. The van der Waals surface area contributed by atoms with Crippen molar-refractivity contribution in [2.24, 2.45) is 7.05 Å². The van der Waals surface area contributed by atoms with Crippen molar-refractivity contribution in [3.63, 3.8) is 0 Å². The molecule has 0 radical (unpaired) electrons. The van der Waals surface area contributed by atoms with Crippen LogP contribution < -0.4 is 15.2 Å². The molecule has 186 valence electrons. The Balaban J connectivity index is 1.70. The molecular weight excluding hydrogens is 523 g/mol. The Labute approximate surface area is 218 Å². The molecule has 4 aromatic rings. The number of sulfonamides is 1. The number of rotatable bonds is 6. The fourth-order valence-corrected chi connectivity index (χ4v) is 5.41. The third-order valence-electron chi connectivity index (χ3n) is 5.77. The molecule has 1 aromatic heterocycles. The molecule has 0 atom stereocenters. The van der Waals surface area contributed by atoms with Gasteiger partial charge >= 0.3 is 0 Å². The highest BCUT2D eigenvalue weighted by Gasteiger charge is 2.29. The lowest BCUT2D eigenvalue weighted by molar-refractivity contribution is 0.102. The maximum absolute atomic E-state index is 13.5. The lowest BCUT2D eigenvalue weighted by Gasteiger charge is -2.18. The number of hydrogen-bond acceptors (Lipinski definition) is 4. The van der Waals surface area contributed by atoms with E-state index in [4.69, 9.17) is 23.2 Å². The molecule has 0 saturated carbocycles. The minimum Gasteiger partial charge on any atom is -0.321 e. The molecule has 36 heavy (non-hydrogen) atoms. The van der Waals surface area contributed by atoms with Gasteiger partial charge in [-0.1, -0.05) is 47.5 Å². The fraction of sp³-hybridized carbons (Fsp3) is 0.120. The molecule has 0 aliphatic heterocycles. The van der Waals surface area contributed by atoms with Gasteiger partial charge in [-0.15, -0.1) is 0 Å². The number of benzene rings is 3. The molecule has 1 heterocycles. The maximum Gasteiger partial charge on any atom is 0.296 e. The molecule has 0 unspecified atom stereocenters. The van der Waals surface area contributed by atoms with Crippen LogP contribution in [0.25, 0.3) is 5.69 Å². The van der Waals surface area contributed by atoms with Gasteiger partial charge in [0.05, 0.1) is 27.0 Å². The third-order valence-corrected chi connectivity index (χ3v) is 8.09. The lowest BCUT2D eigenvalue weighted by Crippen LogP contribution is -2.32. The minimum atomic E-state index is -4.19. The van der Waals surface area contributed by atoms with Gasteiger partial charge in [-0.05, 0) is 55.5 Å². The van der Waals surface area contributed by atoms with E-state index in [1.54, 1.807) is 55.1 Å². The number of aromatic nitrogens is 2. The molecule has 0 spiro atoms. The predicted molar refractivity (Wildman–Crippen MR) is 142 cm³/mol. The first kappa shape index (κ1) is 25.6. The molecule has 0 aliphatic rings. The quantitative estimate of drug-likeness (QED) is 0.374. The van der Waals surface area contributed by atoms with Gasteiger partial charge in [-0.3, -0.25) is 18.6 Å².